The van der Waals surface area contributed by atoms with Crippen LogP contribution in [-0.4, -0.2) is 59.2 Å². The number of aliphatic carboxylic acids is 1. The number of esters is 1. The molecule has 1 rings (SSSR count). The number of carboxylic acid groups (broad SMARTS) is 1. The molecule has 0 amide bonds. The van der Waals surface area contributed by atoms with Crippen molar-refractivity contribution in [2.75, 3.05) is 6.54 Å². The second-order valence-corrected chi connectivity index (χ2v) is 12.5. The van der Waals surface area contributed by atoms with Crippen molar-refractivity contribution in [1.29, 1.82) is 0 Å². The van der Waals surface area contributed by atoms with Crippen LogP contribution in [-0.2, 0) is 30.2 Å². The minimum absolute atomic E-state index is 0.0185. The van der Waals surface area contributed by atoms with Gasteiger partial charge in [0.05, 0.1) is 6.42 Å². The Morgan fingerprint density at radius 2 is 1.36 bits per heavy atom. The molecule has 2 N–H and O–H groups in total. The molecule has 0 aromatic heterocycles. The molecule has 0 aliphatic heterocycles. The van der Waals surface area contributed by atoms with E-state index in [9.17, 15) is 24.3 Å². The summed E-state index contributed by atoms with van der Waals surface area (Å²) in [5.41, 5.74) is -1.43. The summed E-state index contributed by atoms with van der Waals surface area (Å²) in [7, 11) is 0. The first-order valence-corrected chi connectivity index (χ1v) is 12.7. The highest BCUT2D eigenvalue weighted by Gasteiger charge is 2.25. The molecular formula is C28H43NO10. The molecule has 0 fully saturated rings. The lowest BCUT2D eigenvalue weighted by Crippen LogP contribution is -2.42. The molecule has 0 heterocycles. The smallest absolute Gasteiger partial charge is 0.480 e. The van der Waals surface area contributed by atoms with Crippen molar-refractivity contribution >= 4 is 24.2 Å². The topological polar surface area (TPSA) is 147 Å². The summed E-state index contributed by atoms with van der Waals surface area (Å²) < 4.78 is 26.3. The highest BCUT2D eigenvalue weighted by atomic mass is 16.8. The first kappa shape index (κ1) is 33.7. The van der Waals surface area contributed by atoms with Crippen molar-refractivity contribution in [3.05, 3.63) is 23.8 Å². The van der Waals surface area contributed by atoms with Gasteiger partial charge in [0.25, 0.3) is 0 Å². The van der Waals surface area contributed by atoms with Gasteiger partial charge in [0.15, 0.2) is 11.5 Å². The summed E-state index contributed by atoms with van der Waals surface area (Å²) >= 11 is 0. The standard InChI is InChI=1S/C28H43NO10/c1-17(35-22(30)15-26(2,3)4)16-29-19(23(31)32)13-18-11-12-20(36-24(33)38-27(5,6)7)21(14-18)37-25(34)39-28(8,9)10/h11-12,14,17,19,29H,13,15-16H2,1-10H3,(H,31,32)/t17?,19-/m0/s1. The van der Waals surface area contributed by atoms with E-state index in [-0.39, 0.29) is 42.3 Å². The number of hydrogen-bond donors (Lipinski definition) is 2. The molecule has 0 saturated carbocycles. The number of hydrogen-bond acceptors (Lipinski definition) is 10. The number of carbonyl (C=O) groups is 4. The average molecular weight is 554 g/mol. The van der Waals surface area contributed by atoms with E-state index in [2.05, 4.69) is 5.32 Å². The molecular weight excluding hydrogens is 510 g/mol. The predicted octanol–water partition coefficient (Wildman–Crippen LogP) is 5.27. The van der Waals surface area contributed by atoms with Crippen molar-refractivity contribution in [2.45, 2.75) is 105 Å². The van der Waals surface area contributed by atoms with E-state index in [1.807, 2.05) is 20.8 Å². The number of carboxylic acids is 1. The average Bonchev–Trinajstić information content (AvgIpc) is 2.68. The fraction of sp³-hybridized carbons (Fsp3) is 0.643. The summed E-state index contributed by atoms with van der Waals surface area (Å²) in [5.74, 6) is -1.76. The molecule has 0 radical (unpaired) electrons. The summed E-state index contributed by atoms with van der Waals surface area (Å²) in [6.45, 7) is 17.5. The van der Waals surface area contributed by atoms with Gasteiger partial charge in [-0.3, -0.25) is 9.59 Å². The fourth-order valence-electron chi connectivity index (χ4n) is 3.10. The molecule has 1 aromatic rings. The van der Waals surface area contributed by atoms with Crippen LogP contribution in [0.5, 0.6) is 11.5 Å². The molecule has 1 unspecified atom stereocenters. The Morgan fingerprint density at radius 3 is 1.82 bits per heavy atom. The highest BCUT2D eigenvalue weighted by molar-refractivity contribution is 5.74. The van der Waals surface area contributed by atoms with Crippen molar-refractivity contribution in [1.82, 2.24) is 5.32 Å². The Bertz CT molecular complexity index is 1010. The van der Waals surface area contributed by atoms with Gasteiger partial charge in [0, 0.05) is 6.54 Å². The third-order valence-corrected chi connectivity index (χ3v) is 4.57. The minimum atomic E-state index is -1.13. The lowest BCUT2D eigenvalue weighted by molar-refractivity contribution is -0.150. The fourth-order valence-corrected chi connectivity index (χ4v) is 3.10. The third-order valence-electron chi connectivity index (χ3n) is 4.57. The molecule has 11 nitrogen and oxygen atoms in total. The second-order valence-electron chi connectivity index (χ2n) is 12.5. The van der Waals surface area contributed by atoms with Crippen LogP contribution in [0.2, 0.25) is 0 Å². The lowest BCUT2D eigenvalue weighted by atomic mass is 9.92. The van der Waals surface area contributed by atoms with Gasteiger partial charge in [-0.1, -0.05) is 26.8 Å². The molecule has 39 heavy (non-hydrogen) atoms. The van der Waals surface area contributed by atoms with E-state index >= 15 is 0 Å². The molecule has 0 aliphatic carbocycles. The lowest BCUT2D eigenvalue weighted by Gasteiger charge is -2.22. The highest BCUT2D eigenvalue weighted by Crippen LogP contribution is 2.31. The normalized spacial score (nSPS) is 13.6. The summed E-state index contributed by atoms with van der Waals surface area (Å²) in [6.07, 6.45) is -2.39. The van der Waals surface area contributed by atoms with Crippen LogP contribution in [0.1, 0.15) is 81.2 Å². The van der Waals surface area contributed by atoms with Gasteiger partial charge in [0.1, 0.15) is 23.3 Å². The molecule has 11 heteroatoms. The Labute approximate surface area is 230 Å². The van der Waals surface area contributed by atoms with Crippen molar-refractivity contribution in [2.24, 2.45) is 5.41 Å². The molecule has 0 aliphatic rings. The second kappa shape index (κ2) is 13.6. The largest absolute Gasteiger partial charge is 0.514 e. The molecule has 2 atom stereocenters. The first-order valence-electron chi connectivity index (χ1n) is 12.7. The van der Waals surface area contributed by atoms with Gasteiger partial charge < -0.3 is 34.1 Å². The van der Waals surface area contributed by atoms with E-state index in [4.69, 9.17) is 23.7 Å². The zero-order valence-electron chi connectivity index (χ0n) is 24.6. The van der Waals surface area contributed by atoms with Gasteiger partial charge in [0.2, 0.25) is 0 Å². The van der Waals surface area contributed by atoms with Crippen LogP contribution < -0.4 is 14.8 Å². The van der Waals surface area contributed by atoms with Crippen molar-refractivity contribution < 1.29 is 48.0 Å². The van der Waals surface area contributed by atoms with Gasteiger partial charge in [-0.05, 0) is 78.0 Å². The Kier molecular flexibility index (Phi) is 11.8. The summed E-state index contributed by atoms with van der Waals surface area (Å²) in [5, 5.41) is 12.6. The van der Waals surface area contributed by atoms with Crippen LogP contribution in [0.3, 0.4) is 0 Å². The SMILES string of the molecule is CC(CN[C@@H](Cc1ccc(OC(=O)OC(C)(C)C)c(OC(=O)OC(C)(C)C)c1)C(=O)O)OC(=O)CC(C)(C)C. The number of carbonyl (C=O) groups excluding carboxylic acids is 3. The molecule has 1 aromatic carbocycles. The Hall–Kier alpha value is -3.34. The quantitative estimate of drug-likeness (QED) is 0.222. The molecule has 0 bridgehead atoms. The first-order chi connectivity index (χ1) is 17.6. The van der Waals surface area contributed by atoms with E-state index in [0.29, 0.717) is 5.56 Å². The van der Waals surface area contributed by atoms with Crippen LogP contribution in [0.4, 0.5) is 9.59 Å². The number of ether oxygens (including phenoxy) is 5. The van der Waals surface area contributed by atoms with Gasteiger partial charge in [-0.25, -0.2) is 9.59 Å². The zero-order chi connectivity index (χ0) is 30.2. The Morgan fingerprint density at radius 1 is 0.846 bits per heavy atom. The molecule has 0 saturated heterocycles. The van der Waals surface area contributed by atoms with E-state index < -0.39 is 41.6 Å². The summed E-state index contributed by atoms with van der Waals surface area (Å²) in [4.78, 5) is 48.5. The van der Waals surface area contributed by atoms with Crippen molar-refractivity contribution in [3.63, 3.8) is 0 Å². The monoisotopic (exact) mass is 553 g/mol. The molecule has 0 spiro atoms. The maximum absolute atomic E-state index is 12.3. The van der Waals surface area contributed by atoms with Crippen LogP contribution in [0.25, 0.3) is 0 Å². The maximum atomic E-state index is 12.3. The number of benzene rings is 1. The van der Waals surface area contributed by atoms with Gasteiger partial charge in [-0.2, -0.15) is 0 Å². The van der Waals surface area contributed by atoms with Crippen LogP contribution in [0, 0.1) is 5.41 Å². The third kappa shape index (κ3) is 15.0. The van der Waals surface area contributed by atoms with Gasteiger partial charge in [-0.15, -0.1) is 0 Å². The minimum Gasteiger partial charge on any atom is -0.480 e. The van der Waals surface area contributed by atoms with E-state index in [1.165, 1.54) is 18.2 Å². The Balaban J connectivity index is 3.05. The zero-order valence-corrected chi connectivity index (χ0v) is 24.6. The predicted molar refractivity (Wildman–Crippen MR) is 143 cm³/mol. The van der Waals surface area contributed by atoms with Crippen LogP contribution >= 0.6 is 0 Å². The maximum Gasteiger partial charge on any atom is 0.514 e. The van der Waals surface area contributed by atoms with Gasteiger partial charge >= 0.3 is 24.2 Å². The van der Waals surface area contributed by atoms with Crippen LogP contribution in [0.15, 0.2) is 18.2 Å². The van der Waals surface area contributed by atoms with Crippen molar-refractivity contribution in [3.8, 4) is 11.5 Å². The van der Waals surface area contributed by atoms with E-state index in [1.54, 1.807) is 48.5 Å². The summed E-state index contributed by atoms with van der Waals surface area (Å²) in [6, 6.07) is 3.23. The molecule has 220 valence electrons. The number of nitrogens with one attached hydrogen (secondary N) is 1. The van der Waals surface area contributed by atoms with E-state index in [0.717, 1.165) is 0 Å². The number of rotatable bonds is 10.